The van der Waals surface area contributed by atoms with Gasteiger partial charge in [-0.2, -0.15) is 18.4 Å². The van der Waals surface area contributed by atoms with Gasteiger partial charge in [-0.15, -0.1) is 0 Å². The summed E-state index contributed by atoms with van der Waals surface area (Å²) in [5, 5.41) is 9.14. The summed E-state index contributed by atoms with van der Waals surface area (Å²) >= 11 is -2.43. The standard InChI is InChI=1S/C14H14F3NO4S/c1-8(2)22-13(19)12(6-18)11-4-3-10(14(15,16)17)5-9(11)7-23(20)21/h3-5,8,12H,7H2,1-2H3,(H,20,21). The number of hydrogen-bond acceptors (Lipinski definition) is 4. The summed E-state index contributed by atoms with van der Waals surface area (Å²) in [5.41, 5.74) is -1.31. The van der Waals surface area contributed by atoms with Crippen molar-refractivity contribution < 1.29 is 31.5 Å². The van der Waals surface area contributed by atoms with Crippen LogP contribution >= 0.6 is 0 Å². The highest BCUT2D eigenvalue weighted by Gasteiger charge is 2.33. The lowest BCUT2D eigenvalue weighted by atomic mass is 9.94. The van der Waals surface area contributed by atoms with E-state index in [0.717, 1.165) is 6.07 Å². The van der Waals surface area contributed by atoms with E-state index in [1.165, 1.54) is 0 Å². The van der Waals surface area contributed by atoms with Crippen molar-refractivity contribution in [2.75, 3.05) is 0 Å². The zero-order chi connectivity index (χ0) is 17.8. The third-order valence-corrected chi connectivity index (χ3v) is 3.33. The van der Waals surface area contributed by atoms with Crippen LogP contribution in [0.25, 0.3) is 0 Å². The van der Waals surface area contributed by atoms with Gasteiger partial charge in [0.15, 0.2) is 17.0 Å². The third-order valence-electron chi connectivity index (χ3n) is 2.78. The summed E-state index contributed by atoms with van der Waals surface area (Å²) in [4.78, 5) is 11.9. The van der Waals surface area contributed by atoms with Crippen LogP contribution in [-0.2, 0) is 32.5 Å². The first-order valence-corrected chi connectivity index (χ1v) is 7.71. The molecule has 23 heavy (non-hydrogen) atoms. The second-order valence-corrected chi connectivity index (χ2v) is 5.86. The molecule has 0 saturated carbocycles. The molecule has 0 aliphatic heterocycles. The van der Waals surface area contributed by atoms with Crippen LogP contribution in [0.5, 0.6) is 0 Å². The van der Waals surface area contributed by atoms with Gasteiger partial charge in [0, 0.05) is 0 Å². The van der Waals surface area contributed by atoms with Crippen LogP contribution in [0.3, 0.4) is 0 Å². The lowest BCUT2D eigenvalue weighted by molar-refractivity contribution is -0.147. The monoisotopic (exact) mass is 349 g/mol. The number of benzene rings is 1. The number of hydrogen-bond donors (Lipinski definition) is 1. The lowest BCUT2D eigenvalue weighted by Gasteiger charge is -2.17. The van der Waals surface area contributed by atoms with Gasteiger partial charge in [-0.1, -0.05) is 6.07 Å². The molecule has 1 aromatic carbocycles. The predicted octanol–water partition coefficient (Wildman–Crippen LogP) is 2.99. The number of rotatable bonds is 5. The molecule has 0 radical (unpaired) electrons. The minimum absolute atomic E-state index is 0.0754. The van der Waals surface area contributed by atoms with Crippen LogP contribution in [0, 0.1) is 11.3 Å². The average Bonchev–Trinajstić information content (AvgIpc) is 2.38. The Hall–Kier alpha value is -1.92. The van der Waals surface area contributed by atoms with E-state index in [0.29, 0.717) is 12.1 Å². The van der Waals surface area contributed by atoms with Crippen molar-refractivity contribution in [1.29, 1.82) is 5.26 Å². The van der Waals surface area contributed by atoms with Gasteiger partial charge in [0.1, 0.15) is 0 Å². The minimum Gasteiger partial charge on any atom is -0.462 e. The van der Waals surface area contributed by atoms with E-state index in [-0.39, 0.29) is 11.1 Å². The molecule has 0 fully saturated rings. The average molecular weight is 349 g/mol. The van der Waals surface area contributed by atoms with Gasteiger partial charge in [0.05, 0.1) is 23.5 Å². The van der Waals surface area contributed by atoms with Gasteiger partial charge in [0.25, 0.3) is 0 Å². The van der Waals surface area contributed by atoms with Gasteiger partial charge in [-0.05, 0) is 37.1 Å². The van der Waals surface area contributed by atoms with Gasteiger partial charge in [-0.25, -0.2) is 4.21 Å². The van der Waals surface area contributed by atoms with Crippen LogP contribution in [0.15, 0.2) is 18.2 Å². The molecular formula is C14H14F3NO4S. The summed E-state index contributed by atoms with van der Waals surface area (Å²) < 4.78 is 63.1. The molecule has 1 rings (SSSR count). The Bertz CT molecular complexity index is 652. The molecule has 9 heteroatoms. The summed E-state index contributed by atoms with van der Waals surface area (Å²) in [7, 11) is 0. The maximum absolute atomic E-state index is 12.8. The Morgan fingerprint density at radius 3 is 2.48 bits per heavy atom. The number of esters is 1. The lowest BCUT2D eigenvalue weighted by Crippen LogP contribution is -2.20. The smallest absolute Gasteiger partial charge is 0.416 e. The number of halogens is 3. The van der Waals surface area contributed by atoms with Crippen molar-refractivity contribution in [3.8, 4) is 6.07 Å². The van der Waals surface area contributed by atoms with E-state index >= 15 is 0 Å². The van der Waals surface area contributed by atoms with Crippen molar-refractivity contribution >= 4 is 17.0 Å². The number of alkyl halides is 3. The van der Waals surface area contributed by atoms with Gasteiger partial charge in [0.2, 0.25) is 0 Å². The van der Waals surface area contributed by atoms with Crippen LogP contribution in [0.1, 0.15) is 36.5 Å². The van der Waals surface area contributed by atoms with Crippen molar-refractivity contribution in [1.82, 2.24) is 0 Å². The molecule has 126 valence electrons. The van der Waals surface area contributed by atoms with Gasteiger partial charge in [-0.3, -0.25) is 4.79 Å². The Morgan fingerprint density at radius 2 is 2.04 bits per heavy atom. The van der Waals surface area contributed by atoms with E-state index in [1.807, 2.05) is 0 Å². The van der Waals surface area contributed by atoms with Crippen LogP contribution in [0.2, 0.25) is 0 Å². The molecule has 0 aromatic heterocycles. The Kier molecular flexibility index (Phi) is 6.29. The minimum atomic E-state index is -4.65. The second kappa shape index (κ2) is 7.57. The topological polar surface area (TPSA) is 87.4 Å². The highest BCUT2D eigenvalue weighted by Crippen LogP contribution is 2.33. The maximum Gasteiger partial charge on any atom is 0.416 e. The van der Waals surface area contributed by atoms with E-state index in [1.54, 1.807) is 19.9 Å². The molecule has 0 saturated heterocycles. The Morgan fingerprint density at radius 1 is 1.43 bits per heavy atom. The fourth-order valence-corrected chi connectivity index (χ4v) is 2.39. The molecule has 1 aromatic rings. The van der Waals surface area contributed by atoms with Crippen molar-refractivity contribution in [3.05, 3.63) is 34.9 Å². The highest BCUT2D eigenvalue weighted by atomic mass is 32.2. The molecule has 0 bridgehead atoms. The van der Waals surface area contributed by atoms with Crippen LogP contribution in [0.4, 0.5) is 13.2 Å². The molecule has 2 unspecified atom stereocenters. The molecule has 0 heterocycles. The number of ether oxygens (including phenoxy) is 1. The second-order valence-electron chi connectivity index (χ2n) is 4.92. The SMILES string of the molecule is CC(C)OC(=O)C(C#N)c1ccc(C(F)(F)F)cc1CS(=O)O. The zero-order valence-corrected chi connectivity index (χ0v) is 13.1. The number of nitriles is 1. The van der Waals surface area contributed by atoms with E-state index in [9.17, 15) is 22.2 Å². The first kappa shape index (κ1) is 19.1. The van der Waals surface area contributed by atoms with Crippen LogP contribution < -0.4 is 0 Å². The number of carbonyl (C=O) groups is 1. The summed E-state index contributed by atoms with van der Waals surface area (Å²) in [6.45, 7) is 3.12. The summed E-state index contributed by atoms with van der Waals surface area (Å²) in [5.74, 6) is -3.03. The molecule has 0 amide bonds. The first-order chi connectivity index (χ1) is 10.6. The molecule has 2 atom stereocenters. The quantitative estimate of drug-likeness (QED) is 0.652. The number of carbonyl (C=O) groups excluding carboxylic acids is 1. The highest BCUT2D eigenvalue weighted by molar-refractivity contribution is 7.78. The van der Waals surface area contributed by atoms with Crippen LogP contribution in [-0.4, -0.2) is 20.8 Å². The van der Waals surface area contributed by atoms with E-state index < -0.39 is 46.6 Å². The fraction of sp³-hybridized carbons (Fsp3) is 0.429. The molecule has 0 aliphatic rings. The van der Waals surface area contributed by atoms with Crippen molar-refractivity contribution in [2.24, 2.45) is 0 Å². The molecule has 5 nitrogen and oxygen atoms in total. The molecule has 0 aliphatic carbocycles. The fourth-order valence-electron chi connectivity index (χ4n) is 1.87. The Balaban J connectivity index is 3.35. The summed E-state index contributed by atoms with van der Waals surface area (Å²) in [6, 6.07) is 4.00. The third kappa shape index (κ3) is 5.33. The van der Waals surface area contributed by atoms with E-state index in [2.05, 4.69) is 0 Å². The first-order valence-electron chi connectivity index (χ1n) is 6.43. The molecule has 0 spiro atoms. The maximum atomic E-state index is 12.8. The van der Waals surface area contributed by atoms with Crippen molar-refractivity contribution in [3.63, 3.8) is 0 Å². The molecule has 1 N–H and O–H groups in total. The van der Waals surface area contributed by atoms with Gasteiger partial charge >= 0.3 is 12.1 Å². The Labute approximate surface area is 133 Å². The summed E-state index contributed by atoms with van der Waals surface area (Å²) in [6.07, 6.45) is -5.16. The molecular weight excluding hydrogens is 335 g/mol. The normalized spacial score (nSPS) is 14.2. The van der Waals surface area contributed by atoms with Crippen molar-refractivity contribution in [2.45, 2.75) is 37.8 Å². The zero-order valence-electron chi connectivity index (χ0n) is 12.3. The van der Waals surface area contributed by atoms with E-state index in [4.69, 9.17) is 14.6 Å². The largest absolute Gasteiger partial charge is 0.462 e. The van der Waals surface area contributed by atoms with Gasteiger partial charge < -0.3 is 9.29 Å². The predicted molar refractivity (Wildman–Crippen MR) is 75.5 cm³/mol. The number of nitrogens with zero attached hydrogens (tertiary/aromatic N) is 1.